The van der Waals surface area contributed by atoms with Gasteiger partial charge in [0.25, 0.3) is 0 Å². The molecule has 0 radical (unpaired) electrons. The number of hydrogen-bond acceptors (Lipinski definition) is 4. The van der Waals surface area contributed by atoms with Crippen molar-refractivity contribution in [3.05, 3.63) is 52.4 Å². The molecule has 0 saturated carbocycles. The Labute approximate surface area is 180 Å². The topological polar surface area (TPSA) is 49.6 Å². The number of benzene rings is 1. The van der Waals surface area contributed by atoms with E-state index >= 15 is 0 Å². The van der Waals surface area contributed by atoms with Crippen LogP contribution in [0.5, 0.6) is 0 Å². The van der Waals surface area contributed by atoms with Gasteiger partial charge in [0.05, 0.1) is 5.69 Å². The SMILES string of the molecule is CCN(CC)C(=O)CC1CC2(CCN(Cc3c(C)noc3C)CC2)c2ccccc21. The molecule has 0 bridgehead atoms. The van der Waals surface area contributed by atoms with Gasteiger partial charge in [-0.2, -0.15) is 0 Å². The summed E-state index contributed by atoms with van der Waals surface area (Å²) in [5.74, 6) is 1.59. The van der Waals surface area contributed by atoms with Crippen molar-refractivity contribution in [3.63, 3.8) is 0 Å². The normalized spacial score (nSPS) is 20.5. The summed E-state index contributed by atoms with van der Waals surface area (Å²) >= 11 is 0. The van der Waals surface area contributed by atoms with Crippen molar-refractivity contribution in [2.75, 3.05) is 26.2 Å². The molecule has 1 aliphatic carbocycles. The highest BCUT2D eigenvalue weighted by molar-refractivity contribution is 5.77. The first-order chi connectivity index (χ1) is 14.5. The molecular weight excluding hydrogens is 374 g/mol. The molecule has 1 unspecified atom stereocenters. The Hall–Kier alpha value is -2.14. The number of likely N-dealkylation sites (tertiary alicyclic amines) is 1. The maximum Gasteiger partial charge on any atom is 0.223 e. The minimum absolute atomic E-state index is 0.222. The number of rotatable bonds is 6. The fourth-order valence-corrected chi connectivity index (χ4v) is 5.69. The van der Waals surface area contributed by atoms with Crippen LogP contribution >= 0.6 is 0 Å². The predicted octanol–water partition coefficient (Wildman–Crippen LogP) is 4.57. The lowest BCUT2D eigenvalue weighted by molar-refractivity contribution is -0.131. The van der Waals surface area contributed by atoms with Crippen LogP contribution in [0.4, 0.5) is 0 Å². The fourth-order valence-electron chi connectivity index (χ4n) is 5.69. The Balaban J connectivity index is 1.48. The molecule has 162 valence electrons. The Morgan fingerprint density at radius 2 is 1.90 bits per heavy atom. The number of aryl methyl sites for hydroxylation is 2. The van der Waals surface area contributed by atoms with Crippen LogP contribution in [-0.2, 0) is 16.8 Å². The van der Waals surface area contributed by atoms with Crippen LogP contribution in [0.2, 0.25) is 0 Å². The summed E-state index contributed by atoms with van der Waals surface area (Å²) in [7, 11) is 0. The quantitative estimate of drug-likeness (QED) is 0.701. The van der Waals surface area contributed by atoms with Gasteiger partial charge < -0.3 is 9.42 Å². The van der Waals surface area contributed by atoms with Crippen LogP contribution < -0.4 is 0 Å². The largest absolute Gasteiger partial charge is 0.361 e. The molecule has 2 heterocycles. The van der Waals surface area contributed by atoms with E-state index in [0.717, 1.165) is 63.4 Å². The van der Waals surface area contributed by atoms with E-state index in [1.165, 1.54) is 16.7 Å². The lowest BCUT2D eigenvalue weighted by Crippen LogP contribution is -2.41. The Bertz CT molecular complexity index is 872. The van der Waals surface area contributed by atoms with Crippen molar-refractivity contribution in [2.45, 2.75) is 71.3 Å². The van der Waals surface area contributed by atoms with Gasteiger partial charge in [-0.05, 0) is 82.5 Å². The summed E-state index contributed by atoms with van der Waals surface area (Å²) in [5.41, 5.74) is 5.38. The number of carbonyl (C=O) groups is 1. The molecule has 5 heteroatoms. The lowest BCUT2D eigenvalue weighted by Gasteiger charge is -2.40. The molecule has 30 heavy (non-hydrogen) atoms. The molecule has 4 rings (SSSR count). The van der Waals surface area contributed by atoms with Crippen LogP contribution in [0.3, 0.4) is 0 Å². The van der Waals surface area contributed by atoms with E-state index in [1.54, 1.807) is 0 Å². The second-order valence-corrected chi connectivity index (χ2v) is 9.12. The van der Waals surface area contributed by atoms with Gasteiger partial charge in [-0.15, -0.1) is 0 Å². The summed E-state index contributed by atoms with van der Waals surface area (Å²) < 4.78 is 5.35. The first-order valence-corrected chi connectivity index (χ1v) is 11.5. The zero-order valence-corrected chi connectivity index (χ0v) is 18.9. The highest BCUT2D eigenvalue weighted by Crippen LogP contribution is 2.52. The monoisotopic (exact) mass is 409 g/mol. The number of hydrogen-bond donors (Lipinski definition) is 0. The van der Waals surface area contributed by atoms with Gasteiger partial charge in [0.2, 0.25) is 5.91 Å². The minimum atomic E-state index is 0.222. The van der Waals surface area contributed by atoms with Gasteiger partial charge >= 0.3 is 0 Å². The second kappa shape index (κ2) is 8.54. The number of fused-ring (bicyclic) bond motifs is 2. The van der Waals surface area contributed by atoms with E-state index in [0.29, 0.717) is 18.2 Å². The van der Waals surface area contributed by atoms with Crippen LogP contribution in [0, 0.1) is 13.8 Å². The third-order valence-corrected chi connectivity index (χ3v) is 7.52. The van der Waals surface area contributed by atoms with Crippen LogP contribution in [0.15, 0.2) is 28.8 Å². The van der Waals surface area contributed by atoms with Gasteiger partial charge in [0.1, 0.15) is 5.76 Å². The summed E-state index contributed by atoms with van der Waals surface area (Å²) in [6, 6.07) is 8.90. The maximum absolute atomic E-state index is 12.8. The van der Waals surface area contributed by atoms with Crippen molar-refractivity contribution >= 4 is 5.91 Å². The molecule has 1 aliphatic heterocycles. The summed E-state index contributed by atoms with van der Waals surface area (Å²) in [5, 5.41) is 4.11. The Kier molecular flexibility index (Phi) is 6.01. The summed E-state index contributed by atoms with van der Waals surface area (Å²) in [4.78, 5) is 17.3. The molecule has 1 fully saturated rings. The second-order valence-electron chi connectivity index (χ2n) is 9.12. The summed E-state index contributed by atoms with van der Waals surface area (Å²) in [6.07, 6.45) is 4.06. The van der Waals surface area contributed by atoms with Crippen LogP contribution in [-0.4, -0.2) is 47.0 Å². The van der Waals surface area contributed by atoms with E-state index in [9.17, 15) is 4.79 Å². The van der Waals surface area contributed by atoms with Crippen LogP contribution in [0.25, 0.3) is 0 Å². The van der Waals surface area contributed by atoms with Gasteiger partial charge in [-0.3, -0.25) is 9.69 Å². The highest BCUT2D eigenvalue weighted by atomic mass is 16.5. The molecule has 2 aromatic rings. The van der Waals surface area contributed by atoms with Gasteiger partial charge in [0, 0.05) is 31.6 Å². The first-order valence-electron chi connectivity index (χ1n) is 11.5. The van der Waals surface area contributed by atoms with E-state index in [2.05, 4.69) is 48.2 Å². The third-order valence-electron chi connectivity index (χ3n) is 7.52. The first kappa shape index (κ1) is 21.1. The number of amides is 1. The number of nitrogens with zero attached hydrogens (tertiary/aromatic N) is 3. The minimum Gasteiger partial charge on any atom is -0.361 e. The molecule has 1 aromatic heterocycles. The Morgan fingerprint density at radius 1 is 1.20 bits per heavy atom. The molecule has 0 N–H and O–H groups in total. The molecule has 5 nitrogen and oxygen atoms in total. The highest BCUT2D eigenvalue weighted by Gasteiger charge is 2.45. The maximum atomic E-state index is 12.8. The average Bonchev–Trinajstić information content (AvgIpc) is 3.23. The molecule has 1 spiro atoms. The van der Waals surface area contributed by atoms with Crippen molar-refractivity contribution in [1.82, 2.24) is 15.0 Å². The number of piperidine rings is 1. The predicted molar refractivity (Wildman–Crippen MR) is 119 cm³/mol. The molecule has 2 aliphatic rings. The van der Waals surface area contributed by atoms with Crippen LogP contribution in [0.1, 0.15) is 73.6 Å². The standard InChI is InChI=1S/C25H35N3O2/c1-5-28(6-2)24(29)15-20-16-25(23-10-8-7-9-21(20)23)11-13-27(14-12-25)17-22-18(3)26-30-19(22)4/h7-10,20H,5-6,11-17H2,1-4H3. The van der Waals surface area contributed by atoms with Crippen molar-refractivity contribution in [2.24, 2.45) is 0 Å². The van der Waals surface area contributed by atoms with Gasteiger partial charge in [-0.25, -0.2) is 0 Å². The molecular formula is C25H35N3O2. The molecule has 1 atom stereocenters. The van der Waals surface area contributed by atoms with Gasteiger partial charge in [-0.1, -0.05) is 29.4 Å². The zero-order chi connectivity index (χ0) is 21.3. The van der Waals surface area contributed by atoms with E-state index in [-0.39, 0.29) is 5.41 Å². The molecule has 1 saturated heterocycles. The van der Waals surface area contributed by atoms with Crippen molar-refractivity contribution in [1.29, 1.82) is 0 Å². The Morgan fingerprint density at radius 3 is 2.53 bits per heavy atom. The van der Waals surface area contributed by atoms with E-state index in [1.807, 2.05) is 18.7 Å². The lowest BCUT2D eigenvalue weighted by atomic mass is 9.73. The molecule has 1 amide bonds. The number of aromatic nitrogens is 1. The number of carbonyl (C=O) groups excluding carboxylic acids is 1. The third kappa shape index (κ3) is 3.80. The van der Waals surface area contributed by atoms with Crippen molar-refractivity contribution < 1.29 is 9.32 Å². The van der Waals surface area contributed by atoms with E-state index < -0.39 is 0 Å². The van der Waals surface area contributed by atoms with E-state index in [4.69, 9.17) is 4.52 Å². The van der Waals surface area contributed by atoms with Gasteiger partial charge in [0.15, 0.2) is 0 Å². The fraction of sp³-hybridized carbons (Fsp3) is 0.600. The zero-order valence-electron chi connectivity index (χ0n) is 18.9. The molecule has 1 aromatic carbocycles. The smallest absolute Gasteiger partial charge is 0.223 e. The average molecular weight is 410 g/mol. The van der Waals surface area contributed by atoms with Crippen molar-refractivity contribution in [3.8, 4) is 0 Å². The summed E-state index contributed by atoms with van der Waals surface area (Å²) in [6.45, 7) is 12.8.